The number of hydrogen-bond donors (Lipinski definition) is 0. The van der Waals surface area contributed by atoms with E-state index in [-0.39, 0.29) is 24.5 Å². The number of halogens is 2. The topological polar surface area (TPSA) is 92.0 Å². The van der Waals surface area contributed by atoms with Crippen LogP contribution in [0.2, 0.25) is 5.02 Å². The normalized spacial score (nSPS) is 11.1. The van der Waals surface area contributed by atoms with Gasteiger partial charge in [0.25, 0.3) is 5.56 Å². The summed E-state index contributed by atoms with van der Waals surface area (Å²) in [4.78, 5) is 29.1. The second kappa shape index (κ2) is 9.93. The number of nitrogens with zero attached hydrogens (tertiary/aromatic N) is 3. The van der Waals surface area contributed by atoms with E-state index in [1.165, 1.54) is 18.0 Å². The maximum Gasteiger partial charge on any atom is 0.344 e. The van der Waals surface area contributed by atoms with Crippen molar-refractivity contribution in [3.8, 4) is 11.5 Å². The molecule has 0 atom stereocenters. The van der Waals surface area contributed by atoms with Gasteiger partial charge in [-0.25, -0.2) is 9.78 Å². The molecule has 8 nitrogen and oxygen atoms in total. The van der Waals surface area contributed by atoms with E-state index in [2.05, 4.69) is 26.0 Å². The van der Waals surface area contributed by atoms with E-state index in [4.69, 9.17) is 25.8 Å². The third-order valence-electron chi connectivity index (χ3n) is 4.19. The minimum Gasteiger partial charge on any atom is -0.493 e. The van der Waals surface area contributed by atoms with Crippen LogP contribution in [0.3, 0.4) is 0 Å². The zero-order chi connectivity index (χ0) is 22.5. The Morgan fingerprint density at radius 3 is 2.81 bits per heavy atom. The van der Waals surface area contributed by atoms with Crippen molar-refractivity contribution >= 4 is 50.6 Å². The Morgan fingerprint density at radius 1 is 1.32 bits per heavy atom. The van der Waals surface area contributed by atoms with Crippen LogP contribution in [0.25, 0.3) is 10.9 Å². The highest BCUT2D eigenvalue weighted by molar-refractivity contribution is 9.10. The number of benzene rings is 2. The maximum absolute atomic E-state index is 12.9. The predicted molar refractivity (Wildman–Crippen MR) is 122 cm³/mol. The van der Waals surface area contributed by atoms with E-state index in [9.17, 15) is 9.59 Å². The van der Waals surface area contributed by atoms with Gasteiger partial charge in [-0.1, -0.05) is 27.5 Å². The number of aryl methyl sites for hydroxylation is 1. The lowest BCUT2D eigenvalue weighted by molar-refractivity contribution is -0.145. The number of fused-ring (bicyclic) bond motifs is 1. The number of carbonyl (C=O) groups is 1. The highest BCUT2D eigenvalue weighted by atomic mass is 79.9. The molecule has 0 aliphatic heterocycles. The third kappa shape index (κ3) is 5.23. The summed E-state index contributed by atoms with van der Waals surface area (Å²) in [5.41, 5.74) is 0.650. The van der Waals surface area contributed by atoms with Crippen LogP contribution < -0.4 is 15.0 Å². The third-order valence-corrected chi connectivity index (χ3v) is 4.90. The van der Waals surface area contributed by atoms with Gasteiger partial charge in [-0.3, -0.25) is 4.79 Å². The molecule has 0 bridgehead atoms. The summed E-state index contributed by atoms with van der Waals surface area (Å²) in [6.45, 7) is 3.30. The smallest absolute Gasteiger partial charge is 0.344 e. The highest BCUT2D eigenvalue weighted by Crippen LogP contribution is 2.34. The van der Waals surface area contributed by atoms with Crippen LogP contribution in [0.1, 0.15) is 18.3 Å². The zero-order valence-electron chi connectivity index (χ0n) is 17.0. The molecule has 0 N–H and O–H groups in total. The summed E-state index contributed by atoms with van der Waals surface area (Å²) in [5.74, 6) is 0.423. The first-order chi connectivity index (χ1) is 14.8. The van der Waals surface area contributed by atoms with Crippen LogP contribution in [-0.4, -0.2) is 42.2 Å². The summed E-state index contributed by atoms with van der Waals surface area (Å²) in [6, 6.07) is 8.39. The Labute approximate surface area is 191 Å². The standard InChI is InChI=1S/C21H19BrClN3O5/c1-4-30-19(27)11-31-20-13(7-15(23)9-18(20)29-3)10-24-26-12(2)25-17-6-5-14(22)8-16(17)21(26)28/h5-10H,4,11H2,1-3H3. The summed E-state index contributed by atoms with van der Waals surface area (Å²) in [6.07, 6.45) is 1.40. The van der Waals surface area contributed by atoms with Gasteiger partial charge in [0.1, 0.15) is 5.82 Å². The molecule has 3 aromatic rings. The molecule has 0 amide bonds. The summed E-state index contributed by atoms with van der Waals surface area (Å²) < 4.78 is 17.7. The van der Waals surface area contributed by atoms with Gasteiger partial charge in [0.05, 0.1) is 30.8 Å². The molecule has 0 radical (unpaired) electrons. The van der Waals surface area contributed by atoms with Gasteiger partial charge in [0.2, 0.25) is 0 Å². The Morgan fingerprint density at radius 2 is 2.10 bits per heavy atom. The molecular weight excluding hydrogens is 490 g/mol. The molecule has 0 spiro atoms. The molecule has 0 saturated carbocycles. The summed E-state index contributed by atoms with van der Waals surface area (Å²) in [5, 5.41) is 5.07. The minimum absolute atomic E-state index is 0.238. The maximum atomic E-state index is 12.9. The van der Waals surface area contributed by atoms with Crippen molar-refractivity contribution in [1.82, 2.24) is 9.66 Å². The largest absolute Gasteiger partial charge is 0.493 e. The molecule has 0 unspecified atom stereocenters. The van der Waals surface area contributed by atoms with Gasteiger partial charge >= 0.3 is 5.97 Å². The van der Waals surface area contributed by atoms with Crippen molar-refractivity contribution in [2.24, 2.45) is 5.10 Å². The Hall–Kier alpha value is -2.91. The lowest BCUT2D eigenvalue weighted by Gasteiger charge is -2.13. The molecule has 162 valence electrons. The lowest BCUT2D eigenvalue weighted by Crippen LogP contribution is -2.20. The molecule has 2 aromatic carbocycles. The molecule has 3 rings (SSSR count). The van der Waals surface area contributed by atoms with Crippen LogP contribution in [0.5, 0.6) is 11.5 Å². The molecular formula is C21H19BrClN3O5. The fraction of sp³-hybridized carbons (Fsp3) is 0.238. The van der Waals surface area contributed by atoms with Crippen molar-refractivity contribution in [2.45, 2.75) is 13.8 Å². The minimum atomic E-state index is -0.529. The van der Waals surface area contributed by atoms with E-state index >= 15 is 0 Å². The molecule has 1 aromatic heterocycles. The Kier molecular flexibility index (Phi) is 7.29. The van der Waals surface area contributed by atoms with Crippen molar-refractivity contribution in [3.63, 3.8) is 0 Å². The summed E-state index contributed by atoms with van der Waals surface area (Å²) >= 11 is 9.54. The quantitative estimate of drug-likeness (QED) is 0.354. The lowest BCUT2D eigenvalue weighted by atomic mass is 10.2. The second-order valence-corrected chi connectivity index (χ2v) is 7.65. The van der Waals surface area contributed by atoms with Crippen LogP contribution in [0.4, 0.5) is 0 Å². The van der Waals surface area contributed by atoms with Crippen LogP contribution in [-0.2, 0) is 9.53 Å². The fourth-order valence-electron chi connectivity index (χ4n) is 2.84. The van der Waals surface area contributed by atoms with Gasteiger partial charge in [-0.15, -0.1) is 0 Å². The van der Waals surface area contributed by atoms with E-state index < -0.39 is 5.97 Å². The van der Waals surface area contributed by atoms with Crippen LogP contribution in [0, 0.1) is 6.92 Å². The Balaban J connectivity index is 2.04. The molecule has 0 aliphatic carbocycles. The molecule has 0 fully saturated rings. The van der Waals surface area contributed by atoms with Gasteiger partial charge in [-0.05, 0) is 38.1 Å². The van der Waals surface area contributed by atoms with Gasteiger partial charge in [0.15, 0.2) is 18.1 Å². The first-order valence-corrected chi connectivity index (χ1v) is 10.4. The number of carbonyl (C=O) groups excluding carboxylic acids is 1. The molecule has 0 saturated heterocycles. The Bertz CT molecular complexity index is 1230. The average Bonchev–Trinajstić information content (AvgIpc) is 2.73. The SMILES string of the molecule is CCOC(=O)COc1c(C=Nn2c(C)nc3ccc(Br)cc3c2=O)cc(Cl)cc1OC. The number of ether oxygens (including phenoxy) is 3. The molecule has 31 heavy (non-hydrogen) atoms. The monoisotopic (exact) mass is 507 g/mol. The van der Waals surface area contributed by atoms with Crippen molar-refractivity contribution in [3.05, 3.63) is 61.6 Å². The van der Waals surface area contributed by atoms with Gasteiger partial charge in [0, 0.05) is 21.1 Å². The van der Waals surface area contributed by atoms with Crippen molar-refractivity contribution in [1.29, 1.82) is 0 Å². The highest BCUT2D eigenvalue weighted by Gasteiger charge is 2.15. The van der Waals surface area contributed by atoms with Crippen molar-refractivity contribution < 1.29 is 19.0 Å². The summed E-state index contributed by atoms with van der Waals surface area (Å²) in [7, 11) is 1.45. The molecule has 10 heteroatoms. The number of methoxy groups -OCH3 is 1. The number of aromatic nitrogens is 2. The average molecular weight is 509 g/mol. The van der Waals surface area contributed by atoms with E-state index in [1.54, 1.807) is 38.1 Å². The van der Waals surface area contributed by atoms with Crippen molar-refractivity contribution in [2.75, 3.05) is 20.3 Å². The first-order valence-electron chi connectivity index (χ1n) is 9.23. The van der Waals surface area contributed by atoms with E-state index in [0.717, 1.165) is 4.47 Å². The fourth-order valence-corrected chi connectivity index (χ4v) is 3.42. The number of rotatable bonds is 7. The second-order valence-electron chi connectivity index (χ2n) is 6.30. The van der Waals surface area contributed by atoms with Gasteiger partial charge in [-0.2, -0.15) is 9.78 Å². The first kappa shape index (κ1) is 22.8. The number of hydrogen-bond acceptors (Lipinski definition) is 7. The zero-order valence-corrected chi connectivity index (χ0v) is 19.4. The van der Waals surface area contributed by atoms with E-state index in [1.807, 2.05) is 6.07 Å². The van der Waals surface area contributed by atoms with Gasteiger partial charge < -0.3 is 14.2 Å². The van der Waals surface area contributed by atoms with Crippen LogP contribution in [0.15, 0.2) is 44.7 Å². The number of esters is 1. The van der Waals surface area contributed by atoms with Crippen LogP contribution >= 0.6 is 27.5 Å². The predicted octanol–water partition coefficient (Wildman–Crippen LogP) is 3.95. The molecule has 1 heterocycles. The molecule has 0 aliphatic rings. The van der Waals surface area contributed by atoms with E-state index in [0.29, 0.717) is 33.1 Å².